The molecule has 0 saturated carbocycles. The molecule has 2 fully saturated rings. The molecule has 0 aliphatic carbocycles. The molecule has 0 amide bonds. The van der Waals surface area contributed by atoms with Crippen molar-refractivity contribution in [2.45, 2.75) is 36.3 Å². The van der Waals surface area contributed by atoms with Gasteiger partial charge in [0.2, 0.25) is 5.88 Å². The summed E-state index contributed by atoms with van der Waals surface area (Å²) in [5.41, 5.74) is -2.58. The summed E-state index contributed by atoms with van der Waals surface area (Å²) >= 11 is 0. The fourth-order valence-electron chi connectivity index (χ4n) is 3.14. The lowest BCUT2D eigenvalue weighted by Gasteiger charge is -2.42. The topological polar surface area (TPSA) is 132 Å². The van der Waals surface area contributed by atoms with E-state index >= 15 is 0 Å². The Labute approximate surface area is 161 Å². The lowest BCUT2D eigenvalue weighted by Crippen LogP contribution is -2.64. The Morgan fingerprint density at radius 3 is 2.76 bits per heavy atom. The summed E-state index contributed by atoms with van der Waals surface area (Å²) in [4.78, 5) is 14.7. The van der Waals surface area contributed by atoms with Crippen LogP contribution in [0, 0.1) is 0 Å². The molecule has 2 aromatic heterocycles. The number of nitrogens with zero attached hydrogens (tertiary/aromatic N) is 4. The summed E-state index contributed by atoms with van der Waals surface area (Å²) in [5.74, 6) is -0.0615. The molecule has 2 saturated heterocycles. The van der Waals surface area contributed by atoms with Crippen molar-refractivity contribution in [1.29, 1.82) is 0 Å². The predicted octanol–water partition coefficient (Wildman–Crippen LogP) is -0.00800. The smallest absolute Gasteiger partial charge is 0.434 e. The van der Waals surface area contributed by atoms with Crippen LogP contribution in [0.25, 0.3) is 0 Å². The average Bonchev–Trinajstić information content (AvgIpc) is 3.11. The molecule has 2 aliphatic rings. The van der Waals surface area contributed by atoms with Crippen LogP contribution in [-0.4, -0.2) is 73.5 Å². The molecule has 29 heavy (non-hydrogen) atoms. The third-order valence-corrected chi connectivity index (χ3v) is 4.61. The molecule has 0 radical (unpaired) electrons. The van der Waals surface area contributed by atoms with Crippen LogP contribution >= 0.6 is 0 Å². The maximum atomic E-state index is 12.8. The number of halogens is 3. The van der Waals surface area contributed by atoms with Crippen LogP contribution in [0.2, 0.25) is 0 Å². The van der Waals surface area contributed by atoms with Crippen molar-refractivity contribution in [2.75, 3.05) is 18.5 Å². The summed E-state index contributed by atoms with van der Waals surface area (Å²) in [6.07, 6.45) is -2.76. The Bertz CT molecular complexity index is 860. The summed E-state index contributed by atoms with van der Waals surface area (Å²) < 4.78 is 55.2. The van der Waals surface area contributed by atoms with Gasteiger partial charge in [-0.2, -0.15) is 13.2 Å². The number of nitrogens with one attached hydrogen (secondary N) is 1. The second-order valence-electron chi connectivity index (χ2n) is 6.59. The predicted molar refractivity (Wildman–Crippen MR) is 87.5 cm³/mol. The molecular weight excluding hydrogens is 399 g/mol. The molecule has 5 atom stereocenters. The minimum atomic E-state index is -4.68. The molecule has 3 N–H and O–H groups in total. The highest BCUT2D eigenvalue weighted by atomic mass is 19.4. The van der Waals surface area contributed by atoms with Crippen LogP contribution in [0.5, 0.6) is 5.88 Å². The first-order valence-electron chi connectivity index (χ1n) is 8.49. The Morgan fingerprint density at radius 1 is 1.21 bits per heavy atom. The van der Waals surface area contributed by atoms with E-state index in [4.69, 9.17) is 14.2 Å². The third kappa shape index (κ3) is 3.81. The zero-order valence-corrected chi connectivity index (χ0v) is 14.7. The van der Waals surface area contributed by atoms with Crippen LogP contribution in [0.1, 0.15) is 5.69 Å². The molecule has 2 aliphatic heterocycles. The minimum Gasteiger partial charge on any atom is -0.473 e. The van der Waals surface area contributed by atoms with E-state index < -0.39 is 42.0 Å². The minimum absolute atomic E-state index is 0.109. The molecule has 4 rings (SSSR count). The normalized spacial score (nSPS) is 31.5. The maximum absolute atomic E-state index is 12.8. The van der Waals surface area contributed by atoms with Gasteiger partial charge in [-0.25, -0.2) is 9.97 Å². The number of rotatable bonds is 5. The van der Waals surface area contributed by atoms with Crippen molar-refractivity contribution in [3.8, 4) is 5.88 Å². The van der Waals surface area contributed by atoms with Crippen LogP contribution in [0.3, 0.4) is 0 Å². The van der Waals surface area contributed by atoms with Crippen molar-refractivity contribution in [3.63, 3.8) is 0 Å². The van der Waals surface area contributed by atoms with Crippen LogP contribution < -0.4 is 10.1 Å². The Morgan fingerprint density at radius 2 is 2.03 bits per heavy atom. The fraction of sp³-hybridized carbons (Fsp3) is 0.500. The van der Waals surface area contributed by atoms with E-state index in [-0.39, 0.29) is 24.9 Å². The van der Waals surface area contributed by atoms with Gasteiger partial charge in [-0.1, -0.05) is 0 Å². The first kappa shape index (κ1) is 19.7. The maximum Gasteiger partial charge on any atom is 0.434 e. The summed E-state index contributed by atoms with van der Waals surface area (Å²) in [7, 11) is 0. The van der Waals surface area contributed by atoms with Gasteiger partial charge >= 0.3 is 6.18 Å². The largest absolute Gasteiger partial charge is 0.473 e. The second kappa shape index (κ2) is 7.33. The van der Waals surface area contributed by atoms with E-state index in [0.717, 1.165) is 6.20 Å². The van der Waals surface area contributed by atoms with E-state index in [2.05, 4.69) is 25.3 Å². The lowest BCUT2D eigenvalue weighted by molar-refractivity contribution is -0.222. The number of ether oxygens (including phenoxy) is 3. The van der Waals surface area contributed by atoms with Gasteiger partial charge < -0.3 is 29.7 Å². The molecular formula is C16H16F3N5O5. The van der Waals surface area contributed by atoms with Gasteiger partial charge in [0.25, 0.3) is 0 Å². The van der Waals surface area contributed by atoms with E-state index in [0.29, 0.717) is 6.20 Å². The summed E-state index contributed by atoms with van der Waals surface area (Å²) in [6, 6.07) is -1.09. The molecule has 0 aromatic carbocycles. The molecule has 0 spiro atoms. The summed E-state index contributed by atoms with van der Waals surface area (Å²) in [6.45, 7) is -0.293. The molecule has 2 aromatic rings. The number of fused-ring (bicyclic) bond motifs is 2. The number of hydrogen-bond donors (Lipinski definition) is 3. The van der Waals surface area contributed by atoms with Crippen molar-refractivity contribution >= 4 is 5.82 Å². The van der Waals surface area contributed by atoms with Crippen molar-refractivity contribution in [2.24, 2.45) is 0 Å². The van der Waals surface area contributed by atoms with E-state index in [1.165, 1.54) is 18.6 Å². The quantitative estimate of drug-likeness (QED) is 0.613. The molecule has 2 bridgehead atoms. The van der Waals surface area contributed by atoms with E-state index in [9.17, 15) is 23.4 Å². The van der Waals surface area contributed by atoms with Gasteiger partial charge in [-0.3, -0.25) is 9.97 Å². The van der Waals surface area contributed by atoms with E-state index in [1.807, 2.05) is 0 Å². The Balaban J connectivity index is 1.48. The first-order chi connectivity index (χ1) is 13.8. The molecule has 0 unspecified atom stereocenters. The third-order valence-electron chi connectivity index (χ3n) is 4.61. The van der Waals surface area contributed by atoms with Gasteiger partial charge in [0.1, 0.15) is 30.7 Å². The standard InChI is InChI=1S/C16H16F3N5O5/c17-16(18,19)8-3-21-4-9(23-8)24-11-12(25)13(26)15(7-28-14(11)29-15)6-27-10-5-20-1-2-22-10/h1-5,11-14,25-26H,6-7H2,(H,23,24)/t11-,12-,13-,14+,15+/m1/s1. The molecule has 13 heteroatoms. The molecule has 156 valence electrons. The molecule has 10 nitrogen and oxygen atoms in total. The Kier molecular flexibility index (Phi) is 4.98. The second-order valence-corrected chi connectivity index (χ2v) is 6.59. The Hall–Kier alpha value is -2.61. The molecule has 4 heterocycles. The first-order valence-corrected chi connectivity index (χ1v) is 8.49. The van der Waals surface area contributed by atoms with Gasteiger partial charge in [0.15, 0.2) is 17.6 Å². The monoisotopic (exact) mass is 415 g/mol. The van der Waals surface area contributed by atoms with E-state index in [1.54, 1.807) is 0 Å². The number of alkyl halides is 3. The fourth-order valence-corrected chi connectivity index (χ4v) is 3.14. The summed E-state index contributed by atoms with van der Waals surface area (Å²) in [5, 5.41) is 23.7. The number of aromatic nitrogens is 4. The lowest BCUT2D eigenvalue weighted by atomic mass is 9.88. The number of aliphatic hydroxyl groups excluding tert-OH is 2. The van der Waals surface area contributed by atoms with Crippen LogP contribution in [0.15, 0.2) is 31.0 Å². The van der Waals surface area contributed by atoms with Gasteiger partial charge in [-0.15, -0.1) is 0 Å². The average molecular weight is 415 g/mol. The highest BCUT2D eigenvalue weighted by Gasteiger charge is 2.60. The van der Waals surface area contributed by atoms with Crippen molar-refractivity contribution < 1.29 is 37.6 Å². The number of aliphatic hydroxyl groups is 2. The van der Waals surface area contributed by atoms with Gasteiger partial charge in [-0.05, 0) is 0 Å². The SMILES string of the molecule is O[C@@H]1[C@@H](Nc2cncc(C(F)(F)F)n2)[C@H]2OC[C@](COc3cnccn3)(O2)[C@@H]1O. The van der Waals surface area contributed by atoms with Crippen LogP contribution in [-0.2, 0) is 15.7 Å². The number of anilines is 1. The van der Waals surface area contributed by atoms with Gasteiger partial charge in [0, 0.05) is 12.4 Å². The highest BCUT2D eigenvalue weighted by molar-refractivity contribution is 5.35. The van der Waals surface area contributed by atoms with Crippen LogP contribution in [0.4, 0.5) is 19.0 Å². The van der Waals surface area contributed by atoms with Crippen molar-refractivity contribution in [1.82, 2.24) is 19.9 Å². The highest BCUT2D eigenvalue weighted by Crippen LogP contribution is 2.38. The zero-order valence-electron chi connectivity index (χ0n) is 14.7. The number of hydrogen-bond acceptors (Lipinski definition) is 10. The van der Waals surface area contributed by atoms with Gasteiger partial charge in [0.05, 0.1) is 25.2 Å². The van der Waals surface area contributed by atoms with Crippen molar-refractivity contribution in [3.05, 3.63) is 36.7 Å². The zero-order chi connectivity index (χ0) is 20.6.